The molecule has 1 heterocycles. The Bertz CT molecular complexity index is 227. The molecule has 5 heteroatoms. The van der Waals surface area contributed by atoms with Gasteiger partial charge in [0.25, 0.3) is 0 Å². The van der Waals surface area contributed by atoms with E-state index < -0.39 is 18.6 Å². The number of alkyl halides is 3. The second-order valence-electron chi connectivity index (χ2n) is 2.46. The normalized spacial score (nSPS) is 14.7. The van der Waals surface area contributed by atoms with E-state index >= 15 is 0 Å². The summed E-state index contributed by atoms with van der Waals surface area (Å²) in [4.78, 5) is 2.49. The molecule has 3 N–H and O–H groups in total. The molecule has 0 bridgehead atoms. The Kier molecular flexibility index (Phi) is 2.42. The van der Waals surface area contributed by atoms with E-state index in [1.165, 1.54) is 18.3 Å². The number of nitrogens with one attached hydrogen (secondary N) is 1. The summed E-state index contributed by atoms with van der Waals surface area (Å²) < 4.78 is 36.6. The Morgan fingerprint density at radius 1 is 1.50 bits per heavy atom. The Hall–Kier alpha value is -0.970. The van der Waals surface area contributed by atoms with Gasteiger partial charge >= 0.3 is 6.18 Å². The van der Waals surface area contributed by atoms with Crippen molar-refractivity contribution >= 4 is 0 Å². The molecule has 0 amide bonds. The van der Waals surface area contributed by atoms with Gasteiger partial charge in [-0.2, -0.15) is 13.2 Å². The highest BCUT2D eigenvalue weighted by Gasteiger charge is 2.40. The van der Waals surface area contributed by atoms with Crippen molar-refractivity contribution in [3.8, 4) is 0 Å². The van der Waals surface area contributed by atoms with E-state index in [1.807, 2.05) is 0 Å². The summed E-state index contributed by atoms with van der Waals surface area (Å²) in [6.07, 6.45) is -2.82. The highest BCUT2D eigenvalue weighted by molar-refractivity contribution is 5.12. The third kappa shape index (κ3) is 1.79. The standard InChI is InChI=1S/C7H9F3N2/c8-7(9,10)5(4-11)6-2-1-3-12-6/h1-3,5,12H,4,11H2/t5-/m1/s1. The number of hydrogen-bond donors (Lipinski definition) is 2. The fourth-order valence-corrected chi connectivity index (χ4v) is 0.998. The Labute approximate surface area is 67.6 Å². The summed E-state index contributed by atoms with van der Waals surface area (Å²) in [6.45, 7) is -0.427. The van der Waals surface area contributed by atoms with Crippen LogP contribution in [-0.4, -0.2) is 17.7 Å². The first-order valence-corrected chi connectivity index (χ1v) is 3.45. The van der Waals surface area contributed by atoms with Gasteiger partial charge in [0.15, 0.2) is 0 Å². The van der Waals surface area contributed by atoms with Gasteiger partial charge in [-0.15, -0.1) is 0 Å². The Morgan fingerprint density at radius 3 is 2.50 bits per heavy atom. The van der Waals surface area contributed by atoms with Gasteiger partial charge in [-0.25, -0.2) is 0 Å². The van der Waals surface area contributed by atoms with Crippen molar-refractivity contribution in [2.75, 3.05) is 6.54 Å². The first-order valence-electron chi connectivity index (χ1n) is 3.45. The average molecular weight is 178 g/mol. The first kappa shape index (κ1) is 9.12. The molecular weight excluding hydrogens is 169 g/mol. The van der Waals surface area contributed by atoms with Gasteiger partial charge < -0.3 is 10.7 Å². The zero-order valence-corrected chi connectivity index (χ0v) is 6.23. The van der Waals surface area contributed by atoms with E-state index in [-0.39, 0.29) is 5.69 Å². The lowest BCUT2D eigenvalue weighted by molar-refractivity contribution is -0.148. The van der Waals surface area contributed by atoms with Crippen LogP contribution in [0.15, 0.2) is 18.3 Å². The number of rotatable bonds is 2. The lowest BCUT2D eigenvalue weighted by Crippen LogP contribution is -2.28. The van der Waals surface area contributed by atoms with Crippen LogP contribution < -0.4 is 5.73 Å². The molecule has 68 valence electrons. The van der Waals surface area contributed by atoms with E-state index in [0.717, 1.165) is 0 Å². The van der Waals surface area contributed by atoms with Crippen LogP contribution in [-0.2, 0) is 0 Å². The predicted molar refractivity (Wildman–Crippen MR) is 38.6 cm³/mol. The molecule has 12 heavy (non-hydrogen) atoms. The molecule has 0 radical (unpaired) electrons. The number of hydrogen-bond acceptors (Lipinski definition) is 1. The zero-order chi connectivity index (χ0) is 9.19. The average Bonchev–Trinajstić information content (AvgIpc) is 2.38. The van der Waals surface area contributed by atoms with Gasteiger partial charge in [-0.3, -0.25) is 0 Å². The molecule has 1 aromatic rings. The van der Waals surface area contributed by atoms with Crippen molar-refractivity contribution in [1.82, 2.24) is 4.98 Å². The molecule has 2 nitrogen and oxygen atoms in total. The summed E-state index contributed by atoms with van der Waals surface area (Å²) in [7, 11) is 0. The third-order valence-electron chi connectivity index (χ3n) is 1.63. The number of aromatic amines is 1. The Morgan fingerprint density at radius 2 is 2.17 bits per heavy atom. The van der Waals surface area contributed by atoms with E-state index in [0.29, 0.717) is 0 Å². The van der Waals surface area contributed by atoms with Gasteiger partial charge in [0.05, 0.1) is 0 Å². The highest BCUT2D eigenvalue weighted by Crippen LogP contribution is 2.32. The van der Waals surface area contributed by atoms with Gasteiger partial charge in [0.1, 0.15) is 5.92 Å². The number of halogens is 3. The summed E-state index contributed by atoms with van der Waals surface area (Å²) in [5.41, 5.74) is 5.13. The molecule has 0 spiro atoms. The topological polar surface area (TPSA) is 41.8 Å². The maximum absolute atomic E-state index is 12.2. The molecule has 0 aromatic carbocycles. The van der Waals surface area contributed by atoms with Gasteiger partial charge in [0, 0.05) is 18.4 Å². The molecule has 1 aromatic heterocycles. The monoisotopic (exact) mass is 178 g/mol. The smallest absolute Gasteiger partial charge is 0.364 e. The molecule has 1 atom stereocenters. The molecule has 0 aliphatic heterocycles. The van der Waals surface area contributed by atoms with Crippen molar-refractivity contribution in [2.45, 2.75) is 12.1 Å². The van der Waals surface area contributed by atoms with Crippen molar-refractivity contribution in [3.05, 3.63) is 24.0 Å². The van der Waals surface area contributed by atoms with Crippen molar-refractivity contribution < 1.29 is 13.2 Å². The molecule has 1 rings (SSSR count). The molecule has 0 saturated carbocycles. The number of aromatic nitrogens is 1. The first-order chi connectivity index (χ1) is 5.55. The minimum atomic E-state index is -4.26. The number of H-pyrrole nitrogens is 1. The van der Waals surface area contributed by atoms with Crippen LogP contribution in [0.5, 0.6) is 0 Å². The second kappa shape index (κ2) is 3.18. The van der Waals surface area contributed by atoms with Crippen LogP contribution in [0, 0.1) is 0 Å². The maximum atomic E-state index is 12.2. The summed E-state index contributed by atoms with van der Waals surface area (Å²) in [5, 5.41) is 0. The minimum Gasteiger partial charge on any atom is -0.364 e. The van der Waals surface area contributed by atoms with Crippen LogP contribution in [0.4, 0.5) is 13.2 Å². The predicted octanol–water partition coefficient (Wildman–Crippen LogP) is 1.62. The largest absolute Gasteiger partial charge is 0.398 e. The summed E-state index contributed by atoms with van der Waals surface area (Å²) in [5.74, 6) is -1.58. The van der Waals surface area contributed by atoms with Crippen molar-refractivity contribution in [3.63, 3.8) is 0 Å². The number of nitrogens with two attached hydrogens (primary N) is 1. The molecule has 0 unspecified atom stereocenters. The van der Waals surface area contributed by atoms with Gasteiger partial charge in [-0.05, 0) is 12.1 Å². The second-order valence-corrected chi connectivity index (χ2v) is 2.46. The van der Waals surface area contributed by atoms with Crippen molar-refractivity contribution in [1.29, 1.82) is 0 Å². The van der Waals surface area contributed by atoms with Crippen LogP contribution in [0.25, 0.3) is 0 Å². The van der Waals surface area contributed by atoms with E-state index in [1.54, 1.807) is 0 Å². The molecule has 0 saturated heterocycles. The third-order valence-corrected chi connectivity index (χ3v) is 1.63. The fourth-order valence-electron chi connectivity index (χ4n) is 0.998. The molecule has 0 aliphatic rings. The highest BCUT2D eigenvalue weighted by atomic mass is 19.4. The summed E-state index contributed by atoms with van der Waals surface area (Å²) in [6, 6.07) is 2.90. The molecule has 0 aliphatic carbocycles. The van der Waals surface area contributed by atoms with E-state index in [2.05, 4.69) is 4.98 Å². The van der Waals surface area contributed by atoms with Crippen LogP contribution >= 0.6 is 0 Å². The lowest BCUT2D eigenvalue weighted by Gasteiger charge is -2.16. The van der Waals surface area contributed by atoms with Gasteiger partial charge in [0.2, 0.25) is 0 Å². The minimum absolute atomic E-state index is 0.116. The molecular formula is C7H9F3N2. The van der Waals surface area contributed by atoms with Crippen LogP contribution in [0.3, 0.4) is 0 Å². The fraction of sp³-hybridized carbons (Fsp3) is 0.429. The lowest BCUT2D eigenvalue weighted by atomic mass is 10.1. The Balaban J connectivity index is 2.84. The quantitative estimate of drug-likeness (QED) is 0.709. The molecule has 0 fully saturated rings. The maximum Gasteiger partial charge on any atom is 0.398 e. The van der Waals surface area contributed by atoms with E-state index in [4.69, 9.17) is 5.73 Å². The van der Waals surface area contributed by atoms with Crippen LogP contribution in [0.1, 0.15) is 11.6 Å². The van der Waals surface area contributed by atoms with Gasteiger partial charge in [-0.1, -0.05) is 0 Å². The zero-order valence-electron chi connectivity index (χ0n) is 6.23. The van der Waals surface area contributed by atoms with Crippen LogP contribution in [0.2, 0.25) is 0 Å². The van der Waals surface area contributed by atoms with Crippen molar-refractivity contribution in [2.24, 2.45) is 5.73 Å². The SMILES string of the molecule is NC[C@H](c1ccc[nH]1)C(F)(F)F. The van der Waals surface area contributed by atoms with E-state index in [9.17, 15) is 13.2 Å². The summed E-state index contributed by atoms with van der Waals surface area (Å²) >= 11 is 0.